The van der Waals surface area contributed by atoms with Gasteiger partial charge in [-0.3, -0.25) is 9.59 Å². The van der Waals surface area contributed by atoms with E-state index >= 15 is 0 Å². The molecule has 2 amide bonds. The van der Waals surface area contributed by atoms with E-state index in [0.717, 1.165) is 0 Å². The van der Waals surface area contributed by atoms with Gasteiger partial charge in [-0.1, -0.05) is 20.3 Å². The van der Waals surface area contributed by atoms with E-state index in [1.165, 1.54) is 0 Å². The van der Waals surface area contributed by atoms with Gasteiger partial charge in [-0.05, 0) is 5.92 Å². The Morgan fingerprint density at radius 1 is 1.25 bits per heavy atom. The number of rotatable bonds is 5. The van der Waals surface area contributed by atoms with E-state index in [1.807, 2.05) is 0 Å². The van der Waals surface area contributed by atoms with Crippen LogP contribution in [0.3, 0.4) is 0 Å². The monoisotopic (exact) mass is 288 g/mol. The fourth-order valence-corrected chi connectivity index (χ4v) is 1.70. The molecule has 7 heteroatoms. The number of carbonyl (C=O) groups is 2. The first kappa shape index (κ1) is 16.0. The number of hydrogen-bond acceptors (Lipinski definition) is 2. The van der Waals surface area contributed by atoms with Crippen molar-refractivity contribution in [2.24, 2.45) is 11.7 Å². The lowest BCUT2D eigenvalue weighted by Gasteiger charge is -2.21. The highest BCUT2D eigenvalue weighted by Gasteiger charge is 2.27. The highest BCUT2D eigenvalue weighted by molar-refractivity contribution is 5.97. The normalized spacial score (nSPS) is 13.7. The fraction of sp³-hybridized carbons (Fsp3) is 0.385. The summed E-state index contributed by atoms with van der Waals surface area (Å²) in [6.45, 7) is 3.43. The van der Waals surface area contributed by atoms with Crippen LogP contribution in [0.25, 0.3) is 0 Å². The van der Waals surface area contributed by atoms with E-state index in [2.05, 4.69) is 5.32 Å². The van der Waals surface area contributed by atoms with Gasteiger partial charge in [0.2, 0.25) is 5.91 Å². The summed E-state index contributed by atoms with van der Waals surface area (Å²) in [6.07, 6.45) is 0.530. The lowest BCUT2D eigenvalue weighted by Crippen LogP contribution is -2.48. The Morgan fingerprint density at radius 3 is 2.15 bits per heavy atom. The molecule has 0 saturated heterocycles. The van der Waals surface area contributed by atoms with Gasteiger partial charge in [0.15, 0.2) is 0 Å². The second kappa shape index (κ2) is 6.40. The number of amides is 2. The van der Waals surface area contributed by atoms with Gasteiger partial charge in [0.25, 0.3) is 5.91 Å². The molecule has 1 aromatic carbocycles. The zero-order valence-corrected chi connectivity index (χ0v) is 11.0. The molecule has 0 unspecified atom stereocenters. The third-order valence-corrected chi connectivity index (χ3v) is 3.04. The van der Waals surface area contributed by atoms with Crippen molar-refractivity contribution in [1.29, 1.82) is 0 Å². The van der Waals surface area contributed by atoms with Crippen molar-refractivity contribution in [1.82, 2.24) is 5.32 Å². The number of nitrogens with two attached hydrogens (primary N) is 1. The number of benzene rings is 1. The molecule has 0 aliphatic carbocycles. The molecule has 2 atom stereocenters. The number of primary amides is 1. The van der Waals surface area contributed by atoms with Gasteiger partial charge in [-0.2, -0.15) is 0 Å². The summed E-state index contributed by atoms with van der Waals surface area (Å²) in [5, 5.41) is 2.17. The van der Waals surface area contributed by atoms with Gasteiger partial charge in [-0.25, -0.2) is 13.2 Å². The first-order valence-electron chi connectivity index (χ1n) is 6.02. The van der Waals surface area contributed by atoms with Crippen molar-refractivity contribution in [2.75, 3.05) is 0 Å². The van der Waals surface area contributed by atoms with Crippen LogP contribution in [0.5, 0.6) is 0 Å². The van der Waals surface area contributed by atoms with Crippen LogP contribution in [0, 0.1) is 23.4 Å². The van der Waals surface area contributed by atoms with E-state index in [9.17, 15) is 22.8 Å². The summed E-state index contributed by atoms with van der Waals surface area (Å²) in [6, 6.07) is -0.280. The SMILES string of the molecule is CC[C@H](C)[C@H](NC(=O)c1c(F)cc(F)cc1F)C(N)=O. The molecule has 0 spiro atoms. The highest BCUT2D eigenvalue weighted by atomic mass is 19.1. The van der Waals surface area contributed by atoms with Crippen LogP contribution in [-0.2, 0) is 4.79 Å². The minimum Gasteiger partial charge on any atom is -0.368 e. The van der Waals surface area contributed by atoms with Gasteiger partial charge in [-0.15, -0.1) is 0 Å². The maximum absolute atomic E-state index is 13.4. The third kappa shape index (κ3) is 3.49. The van der Waals surface area contributed by atoms with Crippen LogP contribution in [0.15, 0.2) is 12.1 Å². The lowest BCUT2D eigenvalue weighted by atomic mass is 9.98. The molecule has 110 valence electrons. The standard InChI is InChI=1S/C13H15F3N2O2/c1-3-6(2)11(12(17)19)18-13(20)10-8(15)4-7(14)5-9(10)16/h4-6,11H,3H2,1-2H3,(H2,17,19)(H,18,20)/t6-,11-/m0/s1. The van der Waals surface area contributed by atoms with E-state index in [4.69, 9.17) is 5.73 Å². The van der Waals surface area contributed by atoms with Gasteiger partial charge >= 0.3 is 0 Å². The molecule has 0 aliphatic rings. The van der Waals surface area contributed by atoms with Gasteiger partial charge < -0.3 is 11.1 Å². The Kier molecular flexibility index (Phi) is 5.12. The summed E-state index contributed by atoms with van der Waals surface area (Å²) < 4.78 is 39.6. The zero-order chi connectivity index (χ0) is 15.4. The maximum atomic E-state index is 13.4. The van der Waals surface area contributed by atoms with Crippen LogP contribution in [-0.4, -0.2) is 17.9 Å². The summed E-state index contributed by atoms with van der Waals surface area (Å²) >= 11 is 0. The fourth-order valence-electron chi connectivity index (χ4n) is 1.70. The molecule has 0 heterocycles. The minimum absolute atomic E-state index is 0.303. The zero-order valence-electron chi connectivity index (χ0n) is 11.0. The van der Waals surface area contributed by atoms with Gasteiger partial charge in [0.05, 0.1) is 0 Å². The quantitative estimate of drug-likeness (QED) is 0.866. The largest absolute Gasteiger partial charge is 0.368 e. The van der Waals surface area contributed by atoms with E-state index in [0.29, 0.717) is 18.6 Å². The molecule has 0 saturated carbocycles. The topological polar surface area (TPSA) is 72.2 Å². The van der Waals surface area contributed by atoms with Crippen LogP contribution in [0.4, 0.5) is 13.2 Å². The molecular weight excluding hydrogens is 273 g/mol. The summed E-state index contributed by atoms with van der Waals surface area (Å²) in [4.78, 5) is 23.1. The maximum Gasteiger partial charge on any atom is 0.257 e. The van der Waals surface area contributed by atoms with Crippen LogP contribution >= 0.6 is 0 Å². The summed E-state index contributed by atoms with van der Waals surface area (Å²) in [7, 11) is 0. The molecule has 4 nitrogen and oxygen atoms in total. The molecule has 0 fully saturated rings. The van der Waals surface area contributed by atoms with E-state index in [-0.39, 0.29) is 5.92 Å². The number of hydrogen-bond donors (Lipinski definition) is 2. The molecule has 0 bridgehead atoms. The second-order valence-electron chi connectivity index (χ2n) is 4.48. The Bertz CT molecular complexity index is 511. The van der Waals surface area contributed by atoms with Crippen molar-refractivity contribution in [3.8, 4) is 0 Å². The van der Waals surface area contributed by atoms with E-state index < -0.39 is 40.9 Å². The molecule has 1 rings (SSSR count). The van der Waals surface area contributed by atoms with Gasteiger partial charge in [0.1, 0.15) is 29.1 Å². The van der Waals surface area contributed by atoms with E-state index in [1.54, 1.807) is 13.8 Å². The second-order valence-corrected chi connectivity index (χ2v) is 4.48. The molecule has 20 heavy (non-hydrogen) atoms. The Hall–Kier alpha value is -2.05. The first-order valence-corrected chi connectivity index (χ1v) is 6.02. The molecule has 0 radical (unpaired) electrons. The summed E-state index contributed by atoms with van der Waals surface area (Å²) in [5.41, 5.74) is 4.20. The Morgan fingerprint density at radius 2 is 1.75 bits per heavy atom. The third-order valence-electron chi connectivity index (χ3n) is 3.04. The van der Waals surface area contributed by atoms with Crippen molar-refractivity contribution in [2.45, 2.75) is 26.3 Å². The first-order chi connectivity index (χ1) is 9.27. The minimum atomic E-state index is -1.34. The van der Waals surface area contributed by atoms with Crippen LogP contribution < -0.4 is 11.1 Å². The molecular formula is C13H15F3N2O2. The molecule has 0 aliphatic heterocycles. The smallest absolute Gasteiger partial charge is 0.257 e. The Labute approximate surface area is 114 Å². The highest BCUT2D eigenvalue weighted by Crippen LogP contribution is 2.16. The predicted octanol–water partition coefficient (Wildman–Crippen LogP) is 1.73. The average molecular weight is 288 g/mol. The van der Waals surface area contributed by atoms with Crippen LogP contribution in [0.1, 0.15) is 30.6 Å². The molecule has 0 aromatic heterocycles. The Balaban J connectivity index is 3.04. The van der Waals surface area contributed by atoms with Crippen molar-refractivity contribution in [3.63, 3.8) is 0 Å². The molecule has 3 N–H and O–H groups in total. The van der Waals surface area contributed by atoms with Gasteiger partial charge in [0, 0.05) is 12.1 Å². The average Bonchev–Trinajstić information content (AvgIpc) is 2.33. The van der Waals surface area contributed by atoms with Crippen LogP contribution in [0.2, 0.25) is 0 Å². The summed E-state index contributed by atoms with van der Waals surface area (Å²) in [5.74, 6) is -6.08. The lowest BCUT2D eigenvalue weighted by molar-refractivity contribution is -0.120. The number of halogens is 3. The predicted molar refractivity (Wildman–Crippen MR) is 66.2 cm³/mol. The number of carbonyl (C=O) groups excluding carboxylic acids is 2. The van der Waals surface area contributed by atoms with Crippen molar-refractivity contribution < 1.29 is 22.8 Å². The molecule has 1 aromatic rings. The van der Waals surface area contributed by atoms with Crippen molar-refractivity contribution >= 4 is 11.8 Å². The number of nitrogens with one attached hydrogen (secondary N) is 1. The van der Waals surface area contributed by atoms with Crippen molar-refractivity contribution in [3.05, 3.63) is 35.1 Å².